The summed E-state index contributed by atoms with van der Waals surface area (Å²) in [5, 5.41) is 9.70. The predicted molar refractivity (Wildman–Crippen MR) is 81.0 cm³/mol. The van der Waals surface area contributed by atoms with E-state index in [4.69, 9.17) is 0 Å². The van der Waals surface area contributed by atoms with E-state index in [1.165, 1.54) is 0 Å². The second-order valence-electron chi connectivity index (χ2n) is 5.11. The second kappa shape index (κ2) is 6.84. The Balaban J connectivity index is 2.06. The van der Waals surface area contributed by atoms with Gasteiger partial charge in [0.25, 0.3) is 0 Å². The fourth-order valence-electron chi connectivity index (χ4n) is 1.78. The summed E-state index contributed by atoms with van der Waals surface area (Å²) in [7, 11) is -3.52. The predicted octanol–water partition coefficient (Wildman–Crippen LogP) is 1.39. The molecule has 0 amide bonds. The highest BCUT2D eigenvalue weighted by Crippen LogP contribution is 2.12. The van der Waals surface area contributed by atoms with Gasteiger partial charge in [-0.2, -0.15) is 5.10 Å². The molecule has 0 saturated heterocycles. The lowest BCUT2D eigenvalue weighted by Gasteiger charge is -2.10. The Morgan fingerprint density at radius 3 is 2.71 bits per heavy atom. The zero-order valence-corrected chi connectivity index (χ0v) is 12.9. The molecular weight excluding hydrogens is 288 g/mol. The summed E-state index contributed by atoms with van der Waals surface area (Å²) in [6.07, 6.45) is 3.25. The van der Waals surface area contributed by atoms with Crippen LogP contribution in [0, 0.1) is 0 Å². The quantitative estimate of drug-likeness (QED) is 0.721. The third-order valence-electron chi connectivity index (χ3n) is 2.94. The van der Waals surface area contributed by atoms with Crippen LogP contribution in [0.15, 0.2) is 41.6 Å². The van der Waals surface area contributed by atoms with Crippen LogP contribution in [0.25, 0.3) is 0 Å². The van der Waals surface area contributed by atoms with Crippen LogP contribution in [0.1, 0.15) is 25.0 Å². The Hall–Kier alpha value is -1.70. The van der Waals surface area contributed by atoms with Crippen LogP contribution >= 0.6 is 0 Å². The molecule has 2 rings (SSSR count). The summed E-state index contributed by atoms with van der Waals surface area (Å²) < 4.78 is 27.1. The van der Waals surface area contributed by atoms with E-state index in [9.17, 15) is 8.42 Å². The fraction of sp³-hybridized carbons (Fsp3) is 0.357. The first-order valence-electron chi connectivity index (χ1n) is 6.77. The minimum atomic E-state index is -3.52. The number of rotatable bonds is 7. The number of aromatic amines is 1. The van der Waals surface area contributed by atoms with E-state index in [2.05, 4.69) is 20.2 Å². The van der Waals surface area contributed by atoms with Gasteiger partial charge in [-0.3, -0.25) is 5.10 Å². The molecule has 1 heterocycles. The number of nitrogens with zero attached hydrogens (tertiary/aromatic N) is 1. The summed E-state index contributed by atoms with van der Waals surface area (Å²) in [5.74, 6) is 0. The number of sulfonamides is 1. The smallest absolute Gasteiger partial charge is 0.240 e. The van der Waals surface area contributed by atoms with Gasteiger partial charge in [0, 0.05) is 30.9 Å². The van der Waals surface area contributed by atoms with E-state index in [1.54, 1.807) is 30.6 Å². The van der Waals surface area contributed by atoms with E-state index in [0.29, 0.717) is 12.6 Å². The number of benzene rings is 1. The molecule has 0 radical (unpaired) electrons. The van der Waals surface area contributed by atoms with Gasteiger partial charge in [-0.25, -0.2) is 13.1 Å². The van der Waals surface area contributed by atoms with Gasteiger partial charge >= 0.3 is 0 Å². The van der Waals surface area contributed by atoms with Gasteiger partial charge in [0.2, 0.25) is 10.0 Å². The number of H-pyrrole nitrogens is 1. The van der Waals surface area contributed by atoms with Crippen LogP contribution in [-0.2, 0) is 23.1 Å². The molecule has 114 valence electrons. The maximum atomic E-state index is 12.3. The average Bonchev–Trinajstić information content (AvgIpc) is 2.97. The molecule has 0 aliphatic heterocycles. The average molecular weight is 308 g/mol. The zero-order valence-electron chi connectivity index (χ0n) is 12.1. The number of nitrogens with one attached hydrogen (secondary N) is 3. The molecule has 0 atom stereocenters. The lowest BCUT2D eigenvalue weighted by molar-refractivity contribution is 0.579. The highest BCUT2D eigenvalue weighted by Gasteiger charge is 2.14. The SMILES string of the molecule is CC(C)NCc1cccc(S(=O)(=O)NCc2cn[nH]c2)c1. The molecular formula is C14H20N4O2S. The minimum absolute atomic E-state index is 0.216. The molecule has 0 fully saturated rings. The topological polar surface area (TPSA) is 86.9 Å². The van der Waals surface area contributed by atoms with E-state index in [-0.39, 0.29) is 11.4 Å². The molecule has 2 aromatic rings. The standard InChI is InChI=1S/C14H20N4O2S/c1-11(2)15-7-12-4-3-5-14(6-12)21(19,20)18-10-13-8-16-17-9-13/h3-6,8-9,11,15,18H,7,10H2,1-2H3,(H,16,17). The molecule has 7 heteroatoms. The molecule has 1 aromatic heterocycles. The van der Waals surface area contributed by atoms with Crippen molar-refractivity contribution in [1.82, 2.24) is 20.2 Å². The number of hydrogen-bond donors (Lipinski definition) is 3. The minimum Gasteiger partial charge on any atom is -0.310 e. The van der Waals surface area contributed by atoms with Crippen LogP contribution in [0.3, 0.4) is 0 Å². The summed E-state index contributed by atoms with van der Waals surface area (Å²) in [5.41, 5.74) is 1.73. The highest BCUT2D eigenvalue weighted by molar-refractivity contribution is 7.89. The first kappa shape index (κ1) is 15.7. The molecule has 0 spiro atoms. The first-order valence-corrected chi connectivity index (χ1v) is 8.25. The molecule has 1 aromatic carbocycles. The molecule has 0 unspecified atom stereocenters. The van der Waals surface area contributed by atoms with Crippen LogP contribution in [0.4, 0.5) is 0 Å². The third kappa shape index (κ3) is 4.66. The lowest BCUT2D eigenvalue weighted by atomic mass is 10.2. The van der Waals surface area contributed by atoms with Gasteiger partial charge in [-0.1, -0.05) is 26.0 Å². The summed E-state index contributed by atoms with van der Waals surface area (Å²) >= 11 is 0. The number of aromatic nitrogens is 2. The van der Waals surface area contributed by atoms with Crippen molar-refractivity contribution in [3.63, 3.8) is 0 Å². The van der Waals surface area contributed by atoms with Gasteiger partial charge in [-0.05, 0) is 17.7 Å². The van der Waals surface area contributed by atoms with E-state index in [1.807, 2.05) is 19.9 Å². The van der Waals surface area contributed by atoms with E-state index >= 15 is 0 Å². The zero-order chi connectivity index (χ0) is 15.3. The van der Waals surface area contributed by atoms with Crippen molar-refractivity contribution in [3.8, 4) is 0 Å². The monoisotopic (exact) mass is 308 g/mol. The molecule has 3 N–H and O–H groups in total. The van der Waals surface area contributed by atoms with Gasteiger partial charge in [-0.15, -0.1) is 0 Å². The molecule has 0 aliphatic carbocycles. The van der Waals surface area contributed by atoms with Crippen LogP contribution in [-0.4, -0.2) is 24.7 Å². The van der Waals surface area contributed by atoms with Crippen molar-refractivity contribution in [2.45, 2.75) is 37.9 Å². The van der Waals surface area contributed by atoms with Crippen LogP contribution in [0.5, 0.6) is 0 Å². The normalized spacial score (nSPS) is 12.0. The maximum Gasteiger partial charge on any atom is 0.240 e. The third-order valence-corrected chi connectivity index (χ3v) is 4.34. The van der Waals surface area contributed by atoms with E-state index in [0.717, 1.165) is 11.1 Å². The largest absolute Gasteiger partial charge is 0.310 e. The molecule has 0 bridgehead atoms. The van der Waals surface area contributed by atoms with Crippen molar-refractivity contribution in [2.24, 2.45) is 0 Å². The Morgan fingerprint density at radius 1 is 1.24 bits per heavy atom. The maximum absolute atomic E-state index is 12.3. The number of hydrogen-bond acceptors (Lipinski definition) is 4. The van der Waals surface area contributed by atoms with Gasteiger partial charge in [0.05, 0.1) is 11.1 Å². The summed E-state index contributed by atoms with van der Waals surface area (Å²) in [4.78, 5) is 0.272. The van der Waals surface area contributed by atoms with Gasteiger partial charge in [0.15, 0.2) is 0 Å². The van der Waals surface area contributed by atoms with Crippen LogP contribution < -0.4 is 10.0 Å². The Bertz CT molecular complexity index is 666. The summed E-state index contributed by atoms with van der Waals surface area (Å²) in [6.45, 7) is 4.95. The highest BCUT2D eigenvalue weighted by atomic mass is 32.2. The van der Waals surface area contributed by atoms with Crippen molar-refractivity contribution in [3.05, 3.63) is 47.8 Å². The molecule has 0 aliphatic rings. The Kier molecular flexibility index (Phi) is 5.11. The van der Waals surface area contributed by atoms with Crippen molar-refractivity contribution in [2.75, 3.05) is 0 Å². The van der Waals surface area contributed by atoms with Crippen molar-refractivity contribution >= 4 is 10.0 Å². The van der Waals surface area contributed by atoms with Crippen LogP contribution in [0.2, 0.25) is 0 Å². The second-order valence-corrected chi connectivity index (χ2v) is 6.88. The van der Waals surface area contributed by atoms with Crippen molar-refractivity contribution in [1.29, 1.82) is 0 Å². The summed E-state index contributed by atoms with van der Waals surface area (Å²) in [6, 6.07) is 7.29. The fourth-order valence-corrected chi connectivity index (χ4v) is 2.87. The lowest BCUT2D eigenvalue weighted by Crippen LogP contribution is -2.24. The van der Waals surface area contributed by atoms with Gasteiger partial charge in [0.1, 0.15) is 0 Å². The van der Waals surface area contributed by atoms with E-state index < -0.39 is 10.0 Å². The molecule has 21 heavy (non-hydrogen) atoms. The Morgan fingerprint density at radius 2 is 2.05 bits per heavy atom. The van der Waals surface area contributed by atoms with Crippen molar-refractivity contribution < 1.29 is 8.42 Å². The van der Waals surface area contributed by atoms with Gasteiger partial charge < -0.3 is 5.32 Å². The molecule has 0 saturated carbocycles. The first-order chi connectivity index (χ1) is 9.97. The Labute approximate surface area is 125 Å². The molecule has 6 nitrogen and oxygen atoms in total.